The van der Waals surface area contributed by atoms with Crippen LogP contribution in [0.1, 0.15) is 42.4 Å². The van der Waals surface area contributed by atoms with E-state index in [2.05, 4.69) is 33.0 Å². The van der Waals surface area contributed by atoms with Crippen LogP contribution in [-0.4, -0.2) is 60.5 Å². The standard InChI is InChI=1S/C38H38Cl3N5O3/c1-49-38-23(18-42-19-24-10-14-33(47)43-24)9-13-32(45-38)30-7-3-6-27(36(30)40)26-4-2-5-28(35(26)39)29-12-8-22-16-17-46(21-31(22)37(29)41)20-25-11-15-34(48)44-25/h2-9,12-13,24-25,42H,10-11,14-21H2,1H3,(H,43,47)(H,44,48)/t24-,25-/m0/s1. The van der Waals surface area contributed by atoms with Gasteiger partial charge in [0.1, 0.15) is 0 Å². The fourth-order valence-electron chi connectivity index (χ4n) is 7.17. The van der Waals surface area contributed by atoms with Gasteiger partial charge < -0.3 is 20.7 Å². The molecule has 4 aromatic rings. The number of benzene rings is 3. The Hall–Kier alpha value is -3.66. The molecule has 2 atom stereocenters. The van der Waals surface area contributed by atoms with Crippen molar-refractivity contribution in [1.82, 2.24) is 25.8 Å². The molecule has 49 heavy (non-hydrogen) atoms. The van der Waals surface area contributed by atoms with E-state index in [4.69, 9.17) is 44.5 Å². The first-order chi connectivity index (χ1) is 23.8. The SMILES string of the molecule is COc1nc(-c2cccc(-c3cccc(-c4ccc5c(c4Cl)CN(C[C@@H]4CCC(=O)N4)CC5)c3Cl)c2Cl)ccc1CNC[C@@H]1CCC(=O)N1. The van der Waals surface area contributed by atoms with Crippen LogP contribution >= 0.6 is 34.8 Å². The molecule has 11 heteroatoms. The first-order valence-corrected chi connectivity index (χ1v) is 17.9. The lowest BCUT2D eigenvalue weighted by Gasteiger charge is -2.32. The lowest BCUT2D eigenvalue weighted by Crippen LogP contribution is -2.41. The molecule has 3 aromatic carbocycles. The summed E-state index contributed by atoms with van der Waals surface area (Å²) in [6.45, 7) is 3.71. The zero-order chi connectivity index (χ0) is 34.1. The van der Waals surface area contributed by atoms with Crippen molar-refractivity contribution in [3.8, 4) is 39.4 Å². The smallest absolute Gasteiger partial charge is 0.220 e. The first kappa shape index (κ1) is 33.8. The minimum atomic E-state index is 0.102. The molecule has 0 radical (unpaired) electrons. The van der Waals surface area contributed by atoms with Crippen LogP contribution in [0, 0.1) is 0 Å². The van der Waals surface area contributed by atoms with E-state index in [1.54, 1.807) is 7.11 Å². The third-order valence-electron chi connectivity index (χ3n) is 9.76. The molecule has 0 bridgehead atoms. The second kappa shape index (κ2) is 14.7. The van der Waals surface area contributed by atoms with Gasteiger partial charge in [-0.05, 0) is 36.5 Å². The predicted octanol–water partition coefficient (Wildman–Crippen LogP) is 7.06. The number of halogens is 3. The maximum Gasteiger partial charge on any atom is 0.220 e. The average Bonchev–Trinajstić information content (AvgIpc) is 3.72. The number of fused-ring (bicyclic) bond motifs is 1. The molecule has 3 N–H and O–H groups in total. The Bertz CT molecular complexity index is 1920. The zero-order valence-corrected chi connectivity index (χ0v) is 29.5. The minimum Gasteiger partial charge on any atom is -0.481 e. The van der Waals surface area contributed by atoms with Crippen LogP contribution < -0.4 is 20.7 Å². The van der Waals surface area contributed by atoms with Gasteiger partial charge in [0.25, 0.3) is 0 Å². The van der Waals surface area contributed by atoms with Gasteiger partial charge in [0.15, 0.2) is 0 Å². The number of aromatic nitrogens is 1. The average molecular weight is 719 g/mol. The zero-order valence-electron chi connectivity index (χ0n) is 27.3. The molecule has 2 fully saturated rings. The lowest BCUT2D eigenvalue weighted by molar-refractivity contribution is -0.120. The summed E-state index contributed by atoms with van der Waals surface area (Å²) in [6, 6.07) is 20.3. The number of hydrogen-bond acceptors (Lipinski definition) is 6. The molecule has 8 nitrogen and oxygen atoms in total. The topological polar surface area (TPSA) is 95.6 Å². The number of hydrogen-bond donors (Lipinski definition) is 3. The molecule has 3 aliphatic rings. The van der Waals surface area contributed by atoms with Crippen molar-refractivity contribution < 1.29 is 14.3 Å². The monoisotopic (exact) mass is 717 g/mol. The summed E-state index contributed by atoms with van der Waals surface area (Å²) < 4.78 is 5.66. The Balaban J connectivity index is 1.13. The van der Waals surface area contributed by atoms with Crippen LogP contribution in [0.25, 0.3) is 33.5 Å². The number of carbonyl (C=O) groups excluding carboxylic acids is 2. The number of amides is 2. The minimum absolute atomic E-state index is 0.102. The third-order valence-corrected chi connectivity index (χ3v) is 11.0. The normalized spacial score (nSPS) is 19.1. The Kier molecular flexibility index (Phi) is 10.1. The van der Waals surface area contributed by atoms with Crippen molar-refractivity contribution in [2.75, 3.05) is 26.7 Å². The summed E-state index contributed by atoms with van der Waals surface area (Å²) >= 11 is 21.5. The molecule has 1 aromatic heterocycles. The van der Waals surface area contributed by atoms with Crippen molar-refractivity contribution in [3.05, 3.63) is 92.4 Å². The lowest BCUT2D eigenvalue weighted by atomic mass is 9.92. The maximum absolute atomic E-state index is 11.7. The number of rotatable bonds is 10. The van der Waals surface area contributed by atoms with Crippen LogP contribution in [0.3, 0.4) is 0 Å². The fourth-order valence-corrected chi connectivity index (χ4v) is 8.17. The van der Waals surface area contributed by atoms with E-state index in [9.17, 15) is 9.59 Å². The highest BCUT2D eigenvalue weighted by molar-refractivity contribution is 6.40. The maximum atomic E-state index is 11.7. The van der Waals surface area contributed by atoms with Crippen molar-refractivity contribution in [3.63, 3.8) is 0 Å². The highest BCUT2D eigenvalue weighted by Gasteiger charge is 2.27. The van der Waals surface area contributed by atoms with E-state index in [-0.39, 0.29) is 23.9 Å². The second-order valence-electron chi connectivity index (χ2n) is 13.0. The Morgan fingerprint density at radius 2 is 1.43 bits per heavy atom. The fraction of sp³-hybridized carbons (Fsp3) is 0.342. The van der Waals surface area contributed by atoms with Crippen molar-refractivity contribution in [1.29, 1.82) is 0 Å². The number of ether oxygens (including phenoxy) is 1. The molecule has 2 saturated heterocycles. The number of carbonyl (C=O) groups is 2. The Labute approximate surface area is 301 Å². The summed E-state index contributed by atoms with van der Waals surface area (Å²) in [5, 5.41) is 11.3. The highest BCUT2D eigenvalue weighted by Crippen LogP contribution is 2.45. The summed E-state index contributed by atoms with van der Waals surface area (Å²) in [6.07, 6.45) is 3.79. The number of pyridine rings is 1. The van der Waals surface area contributed by atoms with Gasteiger partial charge in [0.2, 0.25) is 17.7 Å². The van der Waals surface area contributed by atoms with Gasteiger partial charge in [0.05, 0.1) is 27.9 Å². The number of methoxy groups -OCH3 is 1. The van der Waals surface area contributed by atoms with E-state index >= 15 is 0 Å². The molecule has 0 unspecified atom stereocenters. The summed E-state index contributed by atoms with van der Waals surface area (Å²) in [5.41, 5.74) is 8.01. The molecule has 0 spiro atoms. The molecule has 0 saturated carbocycles. The first-order valence-electron chi connectivity index (χ1n) is 16.7. The van der Waals surface area contributed by atoms with Gasteiger partial charge in [-0.1, -0.05) is 89.4 Å². The van der Waals surface area contributed by atoms with Gasteiger partial charge in [-0.2, -0.15) is 0 Å². The number of nitrogens with zero attached hydrogens (tertiary/aromatic N) is 2. The molecule has 7 rings (SSSR count). The number of nitrogens with one attached hydrogen (secondary N) is 3. The van der Waals surface area contributed by atoms with Crippen LogP contribution in [0.4, 0.5) is 0 Å². The van der Waals surface area contributed by atoms with Crippen molar-refractivity contribution in [2.45, 2.75) is 57.3 Å². The summed E-state index contributed by atoms with van der Waals surface area (Å²) in [4.78, 5) is 30.5. The van der Waals surface area contributed by atoms with Crippen molar-refractivity contribution in [2.24, 2.45) is 0 Å². The molecule has 0 aliphatic carbocycles. The second-order valence-corrected chi connectivity index (χ2v) is 14.1. The van der Waals surface area contributed by atoms with E-state index < -0.39 is 0 Å². The van der Waals surface area contributed by atoms with Crippen LogP contribution in [0.15, 0.2) is 60.7 Å². The van der Waals surface area contributed by atoms with E-state index in [1.807, 2.05) is 48.5 Å². The Morgan fingerprint density at radius 3 is 2.08 bits per heavy atom. The largest absolute Gasteiger partial charge is 0.481 e. The van der Waals surface area contributed by atoms with E-state index in [0.29, 0.717) is 52.6 Å². The molecule has 3 aliphatic heterocycles. The van der Waals surface area contributed by atoms with E-state index in [1.165, 1.54) is 5.56 Å². The summed E-state index contributed by atoms with van der Waals surface area (Å²) in [5.74, 6) is 0.745. The Morgan fingerprint density at radius 1 is 0.796 bits per heavy atom. The third kappa shape index (κ3) is 7.16. The molecular weight excluding hydrogens is 681 g/mol. The molecule has 2 amide bonds. The van der Waals surface area contributed by atoms with Gasteiger partial charge in [-0.3, -0.25) is 14.5 Å². The molecular formula is C38H38Cl3N5O3. The molecule has 4 heterocycles. The van der Waals surface area contributed by atoms with Gasteiger partial charge in [0, 0.05) is 91.0 Å². The van der Waals surface area contributed by atoms with Crippen LogP contribution in [-0.2, 0) is 29.1 Å². The van der Waals surface area contributed by atoms with E-state index in [0.717, 1.165) is 77.8 Å². The highest BCUT2D eigenvalue weighted by atomic mass is 35.5. The predicted molar refractivity (Wildman–Crippen MR) is 195 cm³/mol. The van der Waals surface area contributed by atoms with Crippen LogP contribution in [0.2, 0.25) is 15.1 Å². The van der Waals surface area contributed by atoms with Gasteiger partial charge in [-0.25, -0.2) is 4.98 Å². The molecule has 254 valence electrons. The van der Waals surface area contributed by atoms with Crippen molar-refractivity contribution >= 4 is 46.6 Å². The van der Waals surface area contributed by atoms with Crippen LogP contribution in [0.5, 0.6) is 5.88 Å². The van der Waals surface area contributed by atoms with Gasteiger partial charge >= 0.3 is 0 Å². The van der Waals surface area contributed by atoms with Gasteiger partial charge in [-0.15, -0.1) is 0 Å². The quantitative estimate of drug-likeness (QED) is 0.163. The summed E-state index contributed by atoms with van der Waals surface area (Å²) in [7, 11) is 1.61.